The summed E-state index contributed by atoms with van der Waals surface area (Å²) in [5.41, 5.74) is 1.53. The zero-order valence-electron chi connectivity index (χ0n) is 14.6. The van der Waals surface area contributed by atoms with E-state index in [9.17, 15) is 4.79 Å². The van der Waals surface area contributed by atoms with Gasteiger partial charge in [-0.05, 0) is 54.6 Å². The van der Waals surface area contributed by atoms with E-state index in [0.717, 1.165) is 10.2 Å². The number of anilines is 2. The van der Waals surface area contributed by atoms with E-state index in [1.165, 1.54) is 11.3 Å². The molecule has 2 N–H and O–H groups in total. The van der Waals surface area contributed by atoms with Gasteiger partial charge in [0.05, 0.1) is 23.0 Å². The highest BCUT2D eigenvalue weighted by Gasteiger charge is 2.07. The van der Waals surface area contributed by atoms with Gasteiger partial charge >= 0.3 is 0 Å². The minimum atomic E-state index is -0.168. The van der Waals surface area contributed by atoms with E-state index in [1.807, 2.05) is 18.2 Å². The molecule has 0 saturated carbocycles. The fourth-order valence-corrected chi connectivity index (χ4v) is 3.62. The van der Waals surface area contributed by atoms with Gasteiger partial charge in [0.1, 0.15) is 11.5 Å². The summed E-state index contributed by atoms with van der Waals surface area (Å²) in [6.45, 7) is 0.113. The van der Waals surface area contributed by atoms with Crippen LogP contribution in [0.4, 0.5) is 10.8 Å². The third-order valence-corrected chi connectivity index (χ3v) is 4.97. The predicted octanol–water partition coefficient (Wildman–Crippen LogP) is 5.19. The van der Waals surface area contributed by atoms with E-state index >= 15 is 0 Å². The molecule has 4 rings (SSSR count). The summed E-state index contributed by atoms with van der Waals surface area (Å²) >= 11 is 7.44. The number of thiazole rings is 1. The number of carbonyl (C=O) groups excluding carboxylic acids is 1. The second kappa shape index (κ2) is 8.24. The zero-order chi connectivity index (χ0) is 19.3. The van der Waals surface area contributed by atoms with Gasteiger partial charge in [-0.15, -0.1) is 0 Å². The Morgan fingerprint density at radius 3 is 2.75 bits per heavy atom. The van der Waals surface area contributed by atoms with Crippen molar-refractivity contribution in [3.05, 3.63) is 72.0 Å². The number of pyridine rings is 1. The normalized spacial score (nSPS) is 10.6. The number of amides is 1. The molecule has 0 spiro atoms. The first-order valence-electron chi connectivity index (χ1n) is 8.43. The van der Waals surface area contributed by atoms with Crippen molar-refractivity contribution in [2.45, 2.75) is 0 Å². The van der Waals surface area contributed by atoms with E-state index in [2.05, 4.69) is 20.6 Å². The number of carbonyl (C=O) groups is 1. The molecule has 1 amide bonds. The van der Waals surface area contributed by atoms with E-state index in [4.69, 9.17) is 16.3 Å². The molecule has 0 aliphatic carbocycles. The summed E-state index contributed by atoms with van der Waals surface area (Å²) in [4.78, 5) is 20.6. The van der Waals surface area contributed by atoms with E-state index in [1.54, 1.807) is 48.8 Å². The topological polar surface area (TPSA) is 76.1 Å². The molecule has 0 fully saturated rings. The zero-order valence-corrected chi connectivity index (χ0v) is 16.1. The van der Waals surface area contributed by atoms with Gasteiger partial charge in [-0.25, -0.2) is 4.98 Å². The number of halogens is 1. The number of benzene rings is 2. The fraction of sp³-hybridized carbons (Fsp3) is 0.0500. The first-order chi connectivity index (χ1) is 13.7. The standard InChI is InChI=1S/C20H15ClN4O2S/c21-13-3-8-17-18(10-13)28-20(25-17)23-12-19(26)24-14-4-6-15(7-5-14)27-16-2-1-9-22-11-16/h1-11H,12H2,(H,23,25)(H,24,26). The maximum absolute atomic E-state index is 12.2. The van der Waals surface area contributed by atoms with Crippen LogP contribution in [-0.4, -0.2) is 22.4 Å². The summed E-state index contributed by atoms with van der Waals surface area (Å²) in [5.74, 6) is 1.15. The molecule has 6 nitrogen and oxygen atoms in total. The van der Waals surface area contributed by atoms with Crippen LogP contribution in [0.2, 0.25) is 5.02 Å². The third-order valence-electron chi connectivity index (χ3n) is 3.76. The maximum atomic E-state index is 12.2. The Morgan fingerprint density at radius 2 is 1.96 bits per heavy atom. The lowest BCUT2D eigenvalue weighted by Crippen LogP contribution is -2.21. The predicted molar refractivity (Wildman–Crippen MR) is 113 cm³/mol. The Morgan fingerprint density at radius 1 is 1.11 bits per heavy atom. The van der Waals surface area contributed by atoms with Crippen LogP contribution in [0.25, 0.3) is 10.2 Å². The van der Waals surface area contributed by atoms with Crippen molar-refractivity contribution in [2.75, 3.05) is 17.2 Å². The van der Waals surface area contributed by atoms with Gasteiger partial charge in [-0.2, -0.15) is 0 Å². The van der Waals surface area contributed by atoms with Crippen LogP contribution in [0.15, 0.2) is 67.0 Å². The Bertz CT molecular complexity index is 1100. The van der Waals surface area contributed by atoms with Gasteiger partial charge in [0, 0.05) is 16.9 Å². The molecule has 0 unspecified atom stereocenters. The highest BCUT2D eigenvalue weighted by molar-refractivity contribution is 7.22. The van der Waals surface area contributed by atoms with E-state index in [0.29, 0.717) is 27.3 Å². The Hall–Kier alpha value is -3.16. The fourth-order valence-electron chi connectivity index (χ4n) is 2.48. The van der Waals surface area contributed by atoms with Crippen molar-refractivity contribution in [1.82, 2.24) is 9.97 Å². The Labute approximate surface area is 170 Å². The molecule has 2 aromatic heterocycles. The third kappa shape index (κ3) is 4.57. The Balaban J connectivity index is 1.31. The van der Waals surface area contributed by atoms with Crippen molar-refractivity contribution < 1.29 is 9.53 Å². The van der Waals surface area contributed by atoms with Gasteiger partial charge < -0.3 is 15.4 Å². The number of hydrogen-bond donors (Lipinski definition) is 2. The number of nitrogens with one attached hydrogen (secondary N) is 2. The van der Waals surface area contributed by atoms with Gasteiger partial charge in [-0.1, -0.05) is 22.9 Å². The van der Waals surface area contributed by atoms with Crippen LogP contribution >= 0.6 is 22.9 Å². The number of aromatic nitrogens is 2. The SMILES string of the molecule is O=C(CNc1nc2ccc(Cl)cc2s1)Nc1ccc(Oc2cccnc2)cc1. The first kappa shape index (κ1) is 18.2. The van der Waals surface area contributed by atoms with Crippen LogP contribution in [0, 0.1) is 0 Å². The second-order valence-corrected chi connectivity index (χ2v) is 7.32. The number of ether oxygens (including phenoxy) is 1. The van der Waals surface area contributed by atoms with Crippen molar-refractivity contribution in [2.24, 2.45) is 0 Å². The van der Waals surface area contributed by atoms with Crippen molar-refractivity contribution in [3.8, 4) is 11.5 Å². The molecule has 0 aliphatic heterocycles. The molecular formula is C20H15ClN4O2S. The van der Waals surface area contributed by atoms with Crippen molar-refractivity contribution >= 4 is 49.9 Å². The minimum absolute atomic E-state index is 0.113. The molecule has 0 radical (unpaired) electrons. The largest absolute Gasteiger partial charge is 0.456 e. The number of nitrogens with zero attached hydrogens (tertiary/aromatic N) is 2. The highest BCUT2D eigenvalue weighted by atomic mass is 35.5. The van der Waals surface area contributed by atoms with Gasteiger partial charge in [0.2, 0.25) is 5.91 Å². The molecule has 8 heteroatoms. The van der Waals surface area contributed by atoms with E-state index < -0.39 is 0 Å². The molecule has 4 aromatic rings. The molecule has 0 atom stereocenters. The molecule has 2 aromatic carbocycles. The van der Waals surface area contributed by atoms with Crippen molar-refractivity contribution in [3.63, 3.8) is 0 Å². The number of rotatable bonds is 6. The average molecular weight is 411 g/mol. The van der Waals surface area contributed by atoms with Crippen LogP contribution in [-0.2, 0) is 4.79 Å². The quantitative estimate of drug-likeness (QED) is 0.457. The molecule has 0 saturated heterocycles. The van der Waals surface area contributed by atoms with Gasteiger partial charge in [0.25, 0.3) is 0 Å². The summed E-state index contributed by atoms with van der Waals surface area (Å²) in [5, 5.41) is 7.21. The monoisotopic (exact) mass is 410 g/mol. The van der Waals surface area contributed by atoms with Gasteiger partial charge in [-0.3, -0.25) is 9.78 Å². The highest BCUT2D eigenvalue weighted by Crippen LogP contribution is 2.28. The Kier molecular flexibility index (Phi) is 5.36. The lowest BCUT2D eigenvalue weighted by Gasteiger charge is -2.08. The molecule has 0 bridgehead atoms. The molecule has 140 valence electrons. The second-order valence-electron chi connectivity index (χ2n) is 5.85. The minimum Gasteiger partial charge on any atom is -0.456 e. The average Bonchev–Trinajstić information content (AvgIpc) is 3.11. The van der Waals surface area contributed by atoms with Crippen molar-refractivity contribution in [1.29, 1.82) is 0 Å². The molecule has 2 heterocycles. The first-order valence-corrected chi connectivity index (χ1v) is 9.63. The van der Waals surface area contributed by atoms with Gasteiger partial charge in [0.15, 0.2) is 5.13 Å². The smallest absolute Gasteiger partial charge is 0.243 e. The van der Waals surface area contributed by atoms with Crippen LogP contribution in [0.3, 0.4) is 0 Å². The summed E-state index contributed by atoms with van der Waals surface area (Å²) in [6.07, 6.45) is 3.32. The van der Waals surface area contributed by atoms with Crippen LogP contribution in [0.5, 0.6) is 11.5 Å². The van der Waals surface area contributed by atoms with Crippen LogP contribution < -0.4 is 15.4 Å². The number of fused-ring (bicyclic) bond motifs is 1. The maximum Gasteiger partial charge on any atom is 0.243 e. The lowest BCUT2D eigenvalue weighted by molar-refractivity contribution is -0.114. The summed E-state index contributed by atoms with van der Waals surface area (Å²) < 4.78 is 6.65. The molecule has 0 aliphatic rings. The van der Waals surface area contributed by atoms with E-state index in [-0.39, 0.29) is 12.5 Å². The number of hydrogen-bond acceptors (Lipinski definition) is 6. The summed E-state index contributed by atoms with van der Waals surface area (Å²) in [6, 6.07) is 16.3. The lowest BCUT2D eigenvalue weighted by atomic mass is 10.3. The van der Waals surface area contributed by atoms with Crippen LogP contribution in [0.1, 0.15) is 0 Å². The molecular weight excluding hydrogens is 396 g/mol. The molecule has 28 heavy (non-hydrogen) atoms. The summed E-state index contributed by atoms with van der Waals surface area (Å²) in [7, 11) is 0.